The Kier molecular flexibility index (Phi) is 4.77. The van der Waals surface area contributed by atoms with Crippen LogP contribution in [0, 0.1) is 6.92 Å². The molecule has 0 aromatic heterocycles. The highest BCUT2D eigenvalue weighted by molar-refractivity contribution is 7.99. The molecule has 0 aliphatic heterocycles. The minimum Gasteiger partial charge on any atom is -0.478 e. The van der Waals surface area contributed by atoms with Crippen LogP contribution in [0.3, 0.4) is 0 Å². The summed E-state index contributed by atoms with van der Waals surface area (Å²) in [5.41, 5.74) is 0.949. The molecule has 116 valence electrons. The van der Waals surface area contributed by atoms with E-state index in [-0.39, 0.29) is 10.5 Å². The van der Waals surface area contributed by atoms with Gasteiger partial charge in [0.1, 0.15) is 0 Å². The Bertz CT molecular complexity index is 816. The maximum Gasteiger partial charge on any atom is 0.335 e. The molecule has 0 spiro atoms. The molecule has 0 aliphatic carbocycles. The first-order valence-electron chi connectivity index (χ1n) is 6.35. The highest BCUT2D eigenvalue weighted by atomic mass is 32.2. The summed E-state index contributed by atoms with van der Waals surface area (Å²) in [6.45, 7) is 1.62. The molecule has 5 nitrogen and oxygen atoms in total. The molecule has 2 N–H and O–H groups in total. The molecule has 0 fully saturated rings. The Morgan fingerprint density at radius 1 is 1.18 bits per heavy atom. The number of aryl methyl sites for hydroxylation is 1. The van der Waals surface area contributed by atoms with E-state index in [0.717, 1.165) is 4.90 Å². The minimum absolute atomic E-state index is 0.0268. The molecular weight excluding hydrogens is 322 g/mol. The van der Waals surface area contributed by atoms with Gasteiger partial charge in [-0.1, -0.05) is 18.2 Å². The number of hydrogen-bond donors (Lipinski definition) is 2. The van der Waals surface area contributed by atoms with Crippen LogP contribution in [0.5, 0.6) is 0 Å². The van der Waals surface area contributed by atoms with E-state index >= 15 is 0 Å². The average molecular weight is 337 g/mol. The standard InChI is InChI=1S/C15H15NO4S2/c1-10-7-8-11(9-12(10)15(17)18)22(19,20)16-13-5-3-4-6-14(13)21-2/h3-9,16H,1-2H3,(H,17,18). The van der Waals surface area contributed by atoms with E-state index < -0.39 is 16.0 Å². The van der Waals surface area contributed by atoms with Crippen molar-refractivity contribution in [2.45, 2.75) is 16.7 Å². The van der Waals surface area contributed by atoms with Gasteiger partial charge in [-0.15, -0.1) is 11.8 Å². The lowest BCUT2D eigenvalue weighted by atomic mass is 10.1. The second kappa shape index (κ2) is 6.41. The number of carboxylic acid groups (broad SMARTS) is 1. The zero-order chi connectivity index (χ0) is 16.3. The van der Waals surface area contributed by atoms with Crippen molar-refractivity contribution in [2.75, 3.05) is 11.0 Å². The number of rotatable bonds is 5. The number of carbonyl (C=O) groups is 1. The molecule has 0 bridgehead atoms. The Labute approximate surface area is 133 Å². The van der Waals surface area contributed by atoms with Crippen LogP contribution >= 0.6 is 11.8 Å². The third kappa shape index (κ3) is 3.42. The number of carboxylic acids is 1. The Morgan fingerprint density at radius 2 is 1.86 bits per heavy atom. The first-order chi connectivity index (χ1) is 10.3. The van der Waals surface area contributed by atoms with Gasteiger partial charge < -0.3 is 5.11 Å². The first-order valence-corrected chi connectivity index (χ1v) is 9.05. The summed E-state index contributed by atoms with van der Waals surface area (Å²) >= 11 is 1.42. The van der Waals surface area contributed by atoms with E-state index in [0.29, 0.717) is 11.3 Å². The zero-order valence-electron chi connectivity index (χ0n) is 12.0. The van der Waals surface area contributed by atoms with Gasteiger partial charge in [-0.25, -0.2) is 13.2 Å². The number of sulfonamides is 1. The van der Waals surface area contributed by atoms with Gasteiger partial charge in [-0.05, 0) is 43.0 Å². The van der Waals surface area contributed by atoms with Gasteiger partial charge in [0.2, 0.25) is 0 Å². The van der Waals surface area contributed by atoms with Crippen LogP contribution in [0.2, 0.25) is 0 Å². The molecule has 2 rings (SSSR count). The molecule has 2 aromatic rings. The summed E-state index contributed by atoms with van der Waals surface area (Å²) < 4.78 is 27.4. The van der Waals surface area contributed by atoms with Crippen LogP contribution in [0.25, 0.3) is 0 Å². The molecule has 0 saturated heterocycles. The van der Waals surface area contributed by atoms with Crippen LogP contribution in [-0.2, 0) is 10.0 Å². The first kappa shape index (κ1) is 16.4. The number of thioether (sulfide) groups is 1. The van der Waals surface area contributed by atoms with E-state index in [9.17, 15) is 13.2 Å². The Morgan fingerprint density at radius 3 is 2.50 bits per heavy atom. The second-order valence-electron chi connectivity index (χ2n) is 4.59. The number of nitrogens with one attached hydrogen (secondary N) is 1. The molecule has 0 unspecified atom stereocenters. The largest absolute Gasteiger partial charge is 0.478 e. The lowest BCUT2D eigenvalue weighted by molar-refractivity contribution is 0.0696. The van der Waals surface area contributed by atoms with Crippen LogP contribution in [-0.4, -0.2) is 25.7 Å². The predicted octanol–water partition coefficient (Wildman–Crippen LogP) is 3.22. The van der Waals surface area contributed by atoms with Crippen LogP contribution < -0.4 is 4.72 Å². The summed E-state index contributed by atoms with van der Waals surface area (Å²) in [6.07, 6.45) is 1.85. The summed E-state index contributed by atoms with van der Waals surface area (Å²) in [4.78, 5) is 11.9. The van der Waals surface area contributed by atoms with Crippen LogP contribution in [0.1, 0.15) is 15.9 Å². The fraction of sp³-hybridized carbons (Fsp3) is 0.133. The third-order valence-electron chi connectivity index (χ3n) is 3.10. The van der Waals surface area contributed by atoms with Crippen molar-refractivity contribution in [3.05, 3.63) is 53.6 Å². The van der Waals surface area contributed by atoms with Crippen LogP contribution in [0.4, 0.5) is 5.69 Å². The molecule has 0 radical (unpaired) electrons. The smallest absolute Gasteiger partial charge is 0.335 e. The molecular formula is C15H15NO4S2. The maximum atomic E-state index is 12.4. The quantitative estimate of drug-likeness (QED) is 0.819. The normalized spacial score (nSPS) is 11.2. The van der Waals surface area contributed by atoms with E-state index in [1.165, 1.54) is 30.0 Å². The monoisotopic (exact) mass is 337 g/mol. The molecule has 0 saturated carbocycles. The molecule has 0 amide bonds. The summed E-state index contributed by atoms with van der Waals surface area (Å²) in [7, 11) is -3.85. The number of aromatic carboxylic acids is 1. The van der Waals surface area contributed by atoms with Gasteiger partial charge in [-0.3, -0.25) is 4.72 Å². The van der Waals surface area contributed by atoms with Gasteiger partial charge in [0.05, 0.1) is 16.1 Å². The van der Waals surface area contributed by atoms with Crippen molar-refractivity contribution in [3.8, 4) is 0 Å². The highest BCUT2D eigenvalue weighted by Crippen LogP contribution is 2.27. The van der Waals surface area contributed by atoms with Gasteiger partial charge in [0, 0.05) is 4.90 Å². The predicted molar refractivity (Wildman–Crippen MR) is 87.2 cm³/mol. The summed E-state index contributed by atoms with van der Waals surface area (Å²) in [5.74, 6) is -1.15. The van der Waals surface area contributed by atoms with Crippen molar-refractivity contribution >= 4 is 33.4 Å². The third-order valence-corrected chi connectivity index (χ3v) is 5.26. The van der Waals surface area contributed by atoms with Crippen molar-refractivity contribution in [2.24, 2.45) is 0 Å². The molecule has 0 heterocycles. The van der Waals surface area contributed by atoms with E-state index in [1.54, 1.807) is 25.1 Å². The van der Waals surface area contributed by atoms with Crippen molar-refractivity contribution in [1.82, 2.24) is 0 Å². The maximum absolute atomic E-state index is 12.4. The average Bonchev–Trinajstić information content (AvgIpc) is 2.47. The Hall–Kier alpha value is -1.99. The molecule has 0 aliphatic rings. The number of para-hydroxylation sites is 1. The van der Waals surface area contributed by atoms with Crippen molar-refractivity contribution < 1.29 is 18.3 Å². The lowest BCUT2D eigenvalue weighted by Gasteiger charge is -2.12. The van der Waals surface area contributed by atoms with Crippen molar-refractivity contribution in [3.63, 3.8) is 0 Å². The summed E-state index contributed by atoms with van der Waals surface area (Å²) in [5, 5.41) is 9.11. The molecule has 22 heavy (non-hydrogen) atoms. The second-order valence-corrected chi connectivity index (χ2v) is 7.12. The Balaban J connectivity index is 2.43. The van der Waals surface area contributed by atoms with Gasteiger partial charge >= 0.3 is 5.97 Å². The van der Waals surface area contributed by atoms with E-state index in [1.807, 2.05) is 12.3 Å². The fourth-order valence-corrected chi connectivity index (χ4v) is 3.66. The van der Waals surface area contributed by atoms with Gasteiger partial charge in [-0.2, -0.15) is 0 Å². The van der Waals surface area contributed by atoms with Crippen molar-refractivity contribution in [1.29, 1.82) is 0 Å². The topological polar surface area (TPSA) is 83.5 Å². The number of benzene rings is 2. The molecule has 2 aromatic carbocycles. The highest BCUT2D eigenvalue weighted by Gasteiger charge is 2.18. The molecule has 0 atom stereocenters. The number of anilines is 1. The summed E-state index contributed by atoms with van der Waals surface area (Å²) in [6, 6.07) is 11.1. The lowest BCUT2D eigenvalue weighted by Crippen LogP contribution is -2.14. The van der Waals surface area contributed by atoms with E-state index in [2.05, 4.69) is 4.72 Å². The van der Waals surface area contributed by atoms with E-state index in [4.69, 9.17) is 5.11 Å². The SMILES string of the molecule is CSc1ccccc1NS(=O)(=O)c1ccc(C)c(C(=O)O)c1. The minimum atomic E-state index is -3.85. The van der Waals surface area contributed by atoms with Gasteiger partial charge in [0.15, 0.2) is 0 Å². The van der Waals surface area contributed by atoms with Crippen LogP contribution in [0.15, 0.2) is 52.3 Å². The fourth-order valence-electron chi connectivity index (χ4n) is 1.93. The zero-order valence-corrected chi connectivity index (χ0v) is 13.7. The van der Waals surface area contributed by atoms with Gasteiger partial charge in [0.25, 0.3) is 10.0 Å². The molecule has 7 heteroatoms. The number of hydrogen-bond acceptors (Lipinski definition) is 4.